The van der Waals surface area contributed by atoms with E-state index in [0.717, 1.165) is 12.8 Å². The second-order valence-corrected chi connectivity index (χ2v) is 10.0. The Kier molecular flexibility index (Phi) is 6.92. The highest BCUT2D eigenvalue weighted by Crippen LogP contribution is 2.26. The lowest BCUT2D eigenvalue weighted by Crippen LogP contribution is -2.41. The molecular formula is C21H28N2O6S. The molecule has 3 amide bonds. The number of fused-ring (bicyclic) bond motifs is 1. The summed E-state index contributed by atoms with van der Waals surface area (Å²) >= 11 is 0. The number of sulfone groups is 1. The first-order chi connectivity index (χ1) is 14.3. The van der Waals surface area contributed by atoms with E-state index in [1.807, 2.05) is 6.92 Å². The molecule has 0 spiro atoms. The van der Waals surface area contributed by atoms with Crippen molar-refractivity contribution in [2.24, 2.45) is 0 Å². The summed E-state index contributed by atoms with van der Waals surface area (Å²) in [5, 5.41) is 0. The van der Waals surface area contributed by atoms with Gasteiger partial charge >= 0.3 is 0 Å². The number of imide groups is 1. The van der Waals surface area contributed by atoms with Gasteiger partial charge in [-0.05, 0) is 37.5 Å². The molecule has 164 valence electrons. The van der Waals surface area contributed by atoms with Crippen molar-refractivity contribution < 1.29 is 27.5 Å². The normalized spacial score (nSPS) is 19.9. The maximum absolute atomic E-state index is 13.2. The van der Waals surface area contributed by atoms with Gasteiger partial charge in [-0.2, -0.15) is 0 Å². The van der Waals surface area contributed by atoms with Gasteiger partial charge in [0.1, 0.15) is 0 Å². The molecular weight excluding hydrogens is 408 g/mol. The number of rotatable bonds is 9. The van der Waals surface area contributed by atoms with E-state index in [9.17, 15) is 22.8 Å². The van der Waals surface area contributed by atoms with Crippen LogP contribution in [0.1, 0.15) is 63.7 Å². The van der Waals surface area contributed by atoms with Crippen molar-refractivity contribution in [3.05, 3.63) is 34.9 Å². The zero-order chi connectivity index (χ0) is 21.9. The highest BCUT2D eigenvalue weighted by molar-refractivity contribution is 7.91. The van der Waals surface area contributed by atoms with Gasteiger partial charge in [0.2, 0.25) is 0 Å². The summed E-state index contributed by atoms with van der Waals surface area (Å²) in [6.07, 6.45) is 2.59. The van der Waals surface area contributed by atoms with Gasteiger partial charge in [-0.1, -0.05) is 13.3 Å². The fraction of sp³-hybridized carbons (Fsp3) is 0.571. The predicted octanol–water partition coefficient (Wildman–Crippen LogP) is 1.75. The molecule has 1 fully saturated rings. The third-order valence-electron chi connectivity index (χ3n) is 5.61. The largest absolute Gasteiger partial charge is 0.385 e. The van der Waals surface area contributed by atoms with Crippen LogP contribution >= 0.6 is 0 Å². The van der Waals surface area contributed by atoms with Crippen molar-refractivity contribution in [1.29, 1.82) is 0 Å². The number of unbranched alkanes of at least 4 members (excludes halogenated alkanes) is 1. The predicted molar refractivity (Wildman–Crippen MR) is 111 cm³/mol. The second kappa shape index (κ2) is 9.26. The van der Waals surface area contributed by atoms with Crippen molar-refractivity contribution in [3.8, 4) is 0 Å². The average Bonchev–Trinajstić information content (AvgIpc) is 3.19. The molecule has 1 aromatic carbocycles. The summed E-state index contributed by atoms with van der Waals surface area (Å²) < 4.78 is 28.8. The third kappa shape index (κ3) is 4.57. The number of methoxy groups -OCH3 is 1. The van der Waals surface area contributed by atoms with E-state index in [4.69, 9.17) is 4.74 Å². The number of hydrogen-bond acceptors (Lipinski definition) is 6. The molecule has 1 atom stereocenters. The molecule has 2 aliphatic heterocycles. The Labute approximate surface area is 177 Å². The lowest BCUT2D eigenvalue weighted by Gasteiger charge is -2.28. The average molecular weight is 437 g/mol. The third-order valence-corrected chi connectivity index (χ3v) is 7.36. The van der Waals surface area contributed by atoms with Gasteiger partial charge in [0, 0.05) is 38.4 Å². The van der Waals surface area contributed by atoms with E-state index in [1.54, 1.807) is 18.1 Å². The Morgan fingerprint density at radius 1 is 1.20 bits per heavy atom. The molecule has 8 nitrogen and oxygen atoms in total. The Hall–Kier alpha value is -2.26. The zero-order valence-corrected chi connectivity index (χ0v) is 18.2. The Bertz CT molecular complexity index is 943. The molecule has 0 bridgehead atoms. The Balaban J connectivity index is 1.83. The molecule has 0 aliphatic carbocycles. The lowest BCUT2D eigenvalue weighted by molar-refractivity contribution is 0.0637. The van der Waals surface area contributed by atoms with Gasteiger partial charge in [0.15, 0.2) is 9.84 Å². The highest BCUT2D eigenvalue weighted by Gasteiger charge is 2.38. The van der Waals surface area contributed by atoms with Gasteiger partial charge in [-0.3, -0.25) is 19.3 Å². The summed E-state index contributed by atoms with van der Waals surface area (Å²) in [5.74, 6) is -1.02. The molecule has 0 radical (unpaired) electrons. The molecule has 0 aromatic heterocycles. The minimum Gasteiger partial charge on any atom is -0.385 e. The van der Waals surface area contributed by atoms with Gasteiger partial charge in [-0.15, -0.1) is 0 Å². The maximum atomic E-state index is 13.2. The molecule has 0 saturated carbocycles. The number of nitrogens with zero attached hydrogens (tertiary/aromatic N) is 2. The molecule has 0 N–H and O–H groups in total. The molecule has 1 saturated heterocycles. The van der Waals surface area contributed by atoms with Crippen LogP contribution in [0.2, 0.25) is 0 Å². The van der Waals surface area contributed by atoms with Crippen LogP contribution in [0.4, 0.5) is 0 Å². The van der Waals surface area contributed by atoms with Crippen LogP contribution < -0.4 is 0 Å². The number of hydrogen-bond donors (Lipinski definition) is 0. The van der Waals surface area contributed by atoms with E-state index in [2.05, 4.69) is 0 Å². The van der Waals surface area contributed by atoms with E-state index >= 15 is 0 Å². The van der Waals surface area contributed by atoms with Gasteiger partial charge in [0.25, 0.3) is 17.7 Å². The van der Waals surface area contributed by atoms with E-state index in [0.29, 0.717) is 31.6 Å². The molecule has 2 aliphatic rings. The Morgan fingerprint density at radius 2 is 1.93 bits per heavy atom. The summed E-state index contributed by atoms with van der Waals surface area (Å²) in [6, 6.07) is 4.18. The highest BCUT2D eigenvalue weighted by atomic mass is 32.2. The maximum Gasteiger partial charge on any atom is 0.261 e. The first-order valence-electron chi connectivity index (χ1n) is 10.3. The molecule has 2 heterocycles. The van der Waals surface area contributed by atoms with Crippen LogP contribution in [-0.4, -0.2) is 80.3 Å². The monoisotopic (exact) mass is 436 g/mol. The molecule has 3 rings (SSSR count). The topological polar surface area (TPSA) is 101 Å². The van der Waals surface area contributed by atoms with E-state index < -0.39 is 15.7 Å². The first kappa shape index (κ1) is 22.4. The van der Waals surface area contributed by atoms with Gasteiger partial charge < -0.3 is 9.64 Å². The summed E-state index contributed by atoms with van der Waals surface area (Å²) in [6.45, 7) is 3.16. The number of carbonyl (C=O) groups excluding carboxylic acids is 3. The molecule has 1 aromatic rings. The zero-order valence-electron chi connectivity index (χ0n) is 17.4. The number of ether oxygens (including phenoxy) is 1. The van der Waals surface area contributed by atoms with Crippen molar-refractivity contribution >= 4 is 27.6 Å². The summed E-state index contributed by atoms with van der Waals surface area (Å²) in [5.41, 5.74) is 0.810. The molecule has 30 heavy (non-hydrogen) atoms. The standard InChI is InChI=1S/C21H28N2O6S/c1-3-4-9-22(16-8-12-30(27,28)14-16)19(24)15-6-7-17-18(13-15)21(26)23(20(17)25)10-5-11-29-2/h6-7,13,16H,3-5,8-12,14H2,1-2H3. The number of carbonyl (C=O) groups is 3. The van der Waals surface area contributed by atoms with Gasteiger partial charge in [0.05, 0.1) is 22.6 Å². The molecule has 1 unspecified atom stereocenters. The number of amides is 3. The van der Waals surface area contributed by atoms with E-state index in [1.165, 1.54) is 17.0 Å². The van der Waals surface area contributed by atoms with Crippen LogP contribution in [0, 0.1) is 0 Å². The fourth-order valence-corrected chi connectivity index (χ4v) is 5.69. The smallest absolute Gasteiger partial charge is 0.261 e. The van der Waals surface area contributed by atoms with Crippen molar-refractivity contribution in [2.75, 3.05) is 38.3 Å². The van der Waals surface area contributed by atoms with Gasteiger partial charge in [-0.25, -0.2) is 8.42 Å². The van der Waals surface area contributed by atoms with Crippen LogP contribution in [0.25, 0.3) is 0 Å². The van der Waals surface area contributed by atoms with Crippen molar-refractivity contribution in [1.82, 2.24) is 9.80 Å². The minimum absolute atomic E-state index is 0.0297. The Morgan fingerprint density at radius 3 is 2.57 bits per heavy atom. The van der Waals surface area contributed by atoms with Crippen LogP contribution in [0.15, 0.2) is 18.2 Å². The second-order valence-electron chi connectivity index (χ2n) is 7.78. The fourth-order valence-electron chi connectivity index (χ4n) is 3.96. The number of benzene rings is 1. The minimum atomic E-state index is -3.13. The first-order valence-corrected chi connectivity index (χ1v) is 12.1. The summed E-state index contributed by atoms with van der Waals surface area (Å²) in [4.78, 5) is 41.3. The van der Waals surface area contributed by atoms with Crippen molar-refractivity contribution in [3.63, 3.8) is 0 Å². The summed E-state index contributed by atoms with van der Waals surface area (Å²) in [7, 11) is -1.58. The quantitative estimate of drug-likeness (QED) is 0.432. The van der Waals surface area contributed by atoms with E-state index in [-0.39, 0.29) is 47.0 Å². The van der Waals surface area contributed by atoms with Crippen molar-refractivity contribution in [2.45, 2.75) is 38.6 Å². The lowest BCUT2D eigenvalue weighted by atomic mass is 10.0. The molecule has 9 heteroatoms. The van der Waals surface area contributed by atoms with Crippen LogP contribution in [-0.2, 0) is 14.6 Å². The SMILES string of the molecule is CCCCN(C(=O)c1ccc2c(c1)C(=O)N(CCCOC)C2=O)C1CCS(=O)(=O)C1. The van der Waals surface area contributed by atoms with Crippen LogP contribution in [0.3, 0.4) is 0 Å². The van der Waals surface area contributed by atoms with Crippen LogP contribution in [0.5, 0.6) is 0 Å².